The van der Waals surface area contributed by atoms with Crippen molar-refractivity contribution in [2.75, 3.05) is 6.61 Å². The quantitative estimate of drug-likeness (QED) is 0.369. The van der Waals surface area contributed by atoms with Gasteiger partial charge in [0.1, 0.15) is 6.10 Å². The SMILES string of the molecule is CCCCCCCOC(=O)/C=C/C(=O)OC1CC2CCC1C2. The van der Waals surface area contributed by atoms with E-state index in [1.165, 1.54) is 50.7 Å². The van der Waals surface area contributed by atoms with E-state index in [1.54, 1.807) is 0 Å². The number of unbranched alkanes of at least 4 members (excludes halogenated alkanes) is 4. The Morgan fingerprint density at radius 1 is 1.00 bits per heavy atom. The van der Waals surface area contributed by atoms with Crippen molar-refractivity contribution in [1.82, 2.24) is 0 Å². The fourth-order valence-electron chi connectivity index (χ4n) is 3.58. The van der Waals surface area contributed by atoms with Gasteiger partial charge in [0, 0.05) is 12.2 Å². The second kappa shape index (κ2) is 8.96. The van der Waals surface area contributed by atoms with E-state index in [4.69, 9.17) is 9.47 Å². The van der Waals surface area contributed by atoms with E-state index >= 15 is 0 Å². The van der Waals surface area contributed by atoms with Crippen LogP contribution < -0.4 is 0 Å². The van der Waals surface area contributed by atoms with Gasteiger partial charge in [-0.25, -0.2) is 9.59 Å². The lowest BCUT2D eigenvalue weighted by Gasteiger charge is -2.20. The number of fused-ring (bicyclic) bond motifs is 2. The summed E-state index contributed by atoms with van der Waals surface area (Å²) >= 11 is 0. The van der Waals surface area contributed by atoms with E-state index in [2.05, 4.69) is 6.92 Å². The highest BCUT2D eigenvalue weighted by Crippen LogP contribution is 2.45. The molecule has 0 heterocycles. The molecule has 2 saturated carbocycles. The zero-order chi connectivity index (χ0) is 15.8. The Bertz CT molecular complexity index is 402. The summed E-state index contributed by atoms with van der Waals surface area (Å²) in [6, 6.07) is 0. The molecule has 4 nitrogen and oxygen atoms in total. The second-order valence-electron chi connectivity index (χ2n) is 6.57. The lowest BCUT2D eigenvalue weighted by molar-refractivity contribution is -0.146. The van der Waals surface area contributed by atoms with Crippen molar-refractivity contribution in [3.05, 3.63) is 12.2 Å². The summed E-state index contributed by atoms with van der Waals surface area (Å²) in [6.45, 7) is 2.59. The molecule has 0 aliphatic heterocycles. The number of carbonyl (C=O) groups is 2. The van der Waals surface area contributed by atoms with Crippen LogP contribution in [-0.4, -0.2) is 24.6 Å². The van der Waals surface area contributed by atoms with Crippen LogP contribution in [0.4, 0.5) is 0 Å². The molecule has 3 atom stereocenters. The number of esters is 2. The molecule has 0 amide bonds. The first kappa shape index (κ1) is 17.0. The van der Waals surface area contributed by atoms with Crippen LogP contribution in [0.3, 0.4) is 0 Å². The molecule has 0 N–H and O–H groups in total. The van der Waals surface area contributed by atoms with Gasteiger partial charge in [-0.05, 0) is 43.9 Å². The van der Waals surface area contributed by atoms with Crippen LogP contribution in [0.1, 0.15) is 64.7 Å². The molecule has 0 aromatic carbocycles. The molecule has 2 bridgehead atoms. The number of carbonyl (C=O) groups excluding carboxylic acids is 2. The molecular weight excluding hydrogens is 280 g/mol. The normalized spacial score (nSPS) is 26.5. The van der Waals surface area contributed by atoms with Gasteiger partial charge in [-0.1, -0.05) is 32.6 Å². The summed E-state index contributed by atoms with van der Waals surface area (Å²) in [5, 5.41) is 0. The van der Waals surface area contributed by atoms with Gasteiger partial charge in [0.15, 0.2) is 0 Å². The van der Waals surface area contributed by atoms with Gasteiger partial charge >= 0.3 is 11.9 Å². The molecule has 2 aliphatic rings. The van der Waals surface area contributed by atoms with Gasteiger partial charge in [0.25, 0.3) is 0 Å². The highest BCUT2D eigenvalue weighted by Gasteiger charge is 2.41. The van der Waals surface area contributed by atoms with E-state index in [1.807, 2.05) is 0 Å². The maximum Gasteiger partial charge on any atom is 0.331 e. The van der Waals surface area contributed by atoms with Crippen molar-refractivity contribution < 1.29 is 19.1 Å². The summed E-state index contributed by atoms with van der Waals surface area (Å²) in [4.78, 5) is 23.2. The van der Waals surface area contributed by atoms with E-state index in [0.29, 0.717) is 12.5 Å². The van der Waals surface area contributed by atoms with Crippen LogP contribution in [0.2, 0.25) is 0 Å². The Morgan fingerprint density at radius 3 is 2.45 bits per heavy atom. The Morgan fingerprint density at radius 2 is 1.77 bits per heavy atom. The van der Waals surface area contributed by atoms with E-state index in [9.17, 15) is 9.59 Å². The van der Waals surface area contributed by atoms with E-state index in [-0.39, 0.29) is 6.10 Å². The first-order valence-electron chi connectivity index (χ1n) is 8.74. The van der Waals surface area contributed by atoms with Crippen LogP contribution in [0.15, 0.2) is 12.2 Å². The zero-order valence-electron chi connectivity index (χ0n) is 13.6. The first-order valence-corrected chi connectivity index (χ1v) is 8.74. The summed E-state index contributed by atoms with van der Waals surface area (Å²) in [5.41, 5.74) is 0. The van der Waals surface area contributed by atoms with Crippen molar-refractivity contribution in [2.24, 2.45) is 11.8 Å². The molecule has 2 rings (SSSR count). The minimum absolute atomic E-state index is 0.0606. The molecule has 0 saturated heterocycles. The highest BCUT2D eigenvalue weighted by molar-refractivity contribution is 5.91. The van der Waals surface area contributed by atoms with Crippen LogP contribution in [0, 0.1) is 11.8 Å². The van der Waals surface area contributed by atoms with Crippen molar-refractivity contribution in [1.29, 1.82) is 0 Å². The van der Waals surface area contributed by atoms with Gasteiger partial charge in [-0.2, -0.15) is 0 Å². The Balaban J connectivity index is 1.55. The third kappa shape index (κ3) is 5.47. The smallest absolute Gasteiger partial charge is 0.331 e. The van der Waals surface area contributed by atoms with Gasteiger partial charge < -0.3 is 9.47 Å². The molecular formula is C18H28O4. The summed E-state index contributed by atoms with van der Waals surface area (Å²) in [6.07, 6.45) is 12.7. The molecule has 124 valence electrons. The van der Waals surface area contributed by atoms with Crippen LogP contribution in [0.5, 0.6) is 0 Å². The average Bonchev–Trinajstić information content (AvgIpc) is 3.11. The number of ether oxygens (including phenoxy) is 2. The molecule has 0 aromatic rings. The van der Waals surface area contributed by atoms with Gasteiger partial charge in [0.2, 0.25) is 0 Å². The summed E-state index contributed by atoms with van der Waals surface area (Å²) < 4.78 is 10.5. The lowest BCUT2D eigenvalue weighted by Crippen LogP contribution is -2.23. The maximum absolute atomic E-state index is 11.7. The number of rotatable bonds is 9. The fourth-order valence-corrected chi connectivity index (χ4v) is 3.58. The van der Waals surface area contributed by atoms with Crippen molar-refractivity contribution >= 4 is 11.9 Å². The number of hydrogen-bond donors (Lipinski definition) is 0. The molecule has 0 spiro atoms. The largest absolute Gasteiger partial charge is 0.463 e. The maximum atomic E-state index is 11.7. The molecule has 3 unspecified atom stereocenters. The summed E-state index contributed by atoms with van der Waals surface area (Å²) in [7, 11) is 0. The topological polar surface area (TPSA) is 52.6 Å². The average molecular weight is 308 g/mol. The second-order valence-corrected chi connectivity index (χ2v) is 6.57. The van der Waals surface area contributed by atoms with Crippen LogP contribution in [0.25, 0.3) is 0 Å². The van der Waals surface area contributed by atoms with E-state index < -0.39 is 11.9 Å². The summed E-state index contributed by atoms with van der Waals surface area (Å²) in [5.74, 6) is 0.403. The Hall–Kier alpha value is -1.32. The van der Waals surface area contributed by atoms with Gasteiger partial charge in [-0.3, -0.25) is 0 Å². The minimum Gasteiger partial charge on any atom is -0.463 e. The van der Waals surface area contributed by atoms with E-state index in [0.717, 1.165) is 25.2 Å². The molecule has 22 heavy (non-hydrogen) atoms. The monoisotopic (exact) mass is 308 g/mol. The molecule has 0 radical (unpaired) electrons. The minimum atomic E-state index is -0.458. The fraction of sp³-hybridized carbons (Fsp3) is 0.778. The van der Waals surface area contributed by atoms with Crippen molar-refractivity contribution in [3.8, 4) is 0 Å². The van der Waals surface area contributed by atoms with Crippen LogP contribution in [-0.2, 0) is 19.1 Å². The first-order chi connectivity index (χ1) is 10.7. The van der Waals surface area contributed by atoms with Gasteiger partial charge in [-0.15, -0.1) is 0 Å². The van der Waals surface area contributed by atoms with Crippen LogP contribution >= 0.6 is 0 Å². The lowest BCUT2D eigenvalue weighted by atomic mass is 9.98. The third-order valence-corrected chi connectivity index (χ3v) is 4.79. The van der Waals surface area contributed by atoms with Crippen molar-refractivity contribution in [3.63, 3.8) is 0 Å². The Labute approximate surface area is 133 Å². The molecule has 0 aromatic heterocycles. The molecule has 2 fully saturated rings. The standard InChI is InChI=1S/C18H28O4/c1-2-3-4-5-6-11-21-17(19)9-10-18(20)22-16-13-14-7-8-15(16)12-14/h9-10,14-16H,2-8,11-13H2,1H3/b10-9+. The highest BCUT2D eigenvalue weighted by atomic mass is 16.5. The third-order valence-electron chi connectivity index (χ3n) is 4.79. The number of hydrogen-bond acceptors (Lipinski definition) is 4. The molecule has 2 aliphatic carbocycles. The van der Waals surface area contributed by atoms with Gasteiger partial charge in [0.05, 0.1) is 6.61 Å². The van der Waals surface area contributed by atoms with Crippen molar-refractivity contribution in [2.45, 2.75) is 70.8 Å². The predicted octanol–water partition coefficient (Wildman–Crippen LogP) is 3.79. The Kier molecular flexibility index (Phi) is 6.94. The molecule has 4 heteroatoms. The predicted molar refractivity (Wildman–Crippen MR) is 84.2 cm³/mol. The zero-order valence-corrected chi connectivity index (χ0v) is 13.6.